The molecular weight excluding hydrogens is 417 g/mol. The summed E-state index contributed by atoms with van der Waals surface area (Å²) < 4.78 is 5.72. The molecule has 8 heteroatoms. The summed E-state index contributed by atoms with van der Waals surface area (Å²) in [7, 11) is 0. The molecule has 0 atom stereocenters. The molecule has 0 unspecified atom stereocenters. The highest BCUT2D eigenvalue weighted by Crippen LogP contribution is 2.47. The maximum absolute atomic E-state index is 12.3. The number of ether oxygens (including phenoxy) is 1. The zero-order chi connectivity index (χ0) is 21.0. The molecule has 1 amide bonds. The molecule has 0 saturated heterocycles. The number of phenolic OH excluding ortho intramolecular Hbond substituents is 3. The second kappa shape index (κ2) is 8.94. The van der Waals surface area contributed by atoms with E-state index in [2.05, 4.69) is 5.32 Å². The van der Waals surface area contributed by atoms with Crippen molar-refractivity contribution in [3.05, 3.63) is 75.8 Å². The number of carbonyl (C=O) groups excluding carboxylic acids is 1. The Morgan fingerprint density at radius 2 is 1.38 bits per heavy atom. The van der Waals surface area contributed by atoms with Gasteiger partial charge in [0.2, 0.25) is 0 Å². The maximum atomic E-state index is 12.3. The topological polar surface area (TPSA) is 99.0 Å². The molecule has 0 aromatic heterocycles. The summed E-state index contributed by atoms with van der Waals surface area (Å²) in [4.78, 5) is 12.3. The lowest BCUT2D eigenvalue weighted by atomic mass is 10.1. The Bertz CT molecular complexity index is 994. The Morgan fingerprint density at radius 1 is 0.828 bits per heavy atom. The summed E-state index contributed by atoms with van der Waals surface area (Å²) in [6, 6.07) is 16.8. The van der Waals surface area contributed by atoms with E-state index >= 15 is 0 Å². The van der Waals surface area contributed by atoms with Crippen LogP contribution in [-0.2, 0) is 6.42 Å². The highest BCUT2D eigenvalue weighted by molar-refractivity contribution is 6.40. The highest BCUT2D eigenvalue weighted by atomic mass is 35.5. The van der Waals surface area contributed by atoms with Crippen LogP contribution in [-0.4, -0.2) is 27.8 Å². The van der Waals surface area contributed by atoms with Gasteiger partial charge in [0.05, 0.1) is 0 Å². The number of halogens is 2. The molecule has 0 spiro atoms. The van der Waals surface area contributed by atoms with Gasteiger partial charge in [-0.15, -0.1) is 0 Å². The van der Waals surface area contributed by atoms with Crippen LogP contribution in [0.1, 0.15) is 15.9 Å². The Labute approximate surface area is 176 Å². The van der Waals surface area contributed by atoms with Gasteiger partial charge < -0.3 is 25.4 Å². The predicted octanol–water partition coefficient (Wildman–Crippen LogP) is 4.88. The number of nitrogens with one attached hydrogen (secondary N) is 1. The molecule has 0 fully saturated rings. The fraction of sp³-hybridized carbons (Fsp3) is 0.0952. The number of benzene rings is 3. The fourth-order valence-corrected chi connectivity index (χ4v) is 3.05. The van der Waals surface area contributed by atoms with Crippen molar-refractivity contribution in [3.63, 3.8) is 0 Å². The molecule has 150 valence electrons. The molecular formula is C21H17Cl2NO5. The van der Waals surface area contributed by atoms with Crippen LogP contribution < -0.4 is 10.1 Å². The lowest BCUT2D eigenvalue weighted by Crippen LogP contribution is -2.26. The Balaban J connectivity index is 1.60. The van der Waals surface area contributed by atoms with Crippen molar-refractivity contribution >= 4 is 29.1 Å². The van der Waals surface area contributed by atoms with Crippen molar-refractivity contribution in [2.24, 2.45) is 0 Å². The summed E-state index contributed by atoms with van der Waals surface area (Å²) in [5.74, 6) is -1.53. The third kappa shape index (κ3) is 4.67. The van der Waals surface area contributed by atoms with Gasteiger partial charge in [-0.05, 0) is 36.2 Å². The van der Waals surface area contributed by atoms with Gasteiger partial charge >= 0.3 is 0 Å². The molecule has 0 saturated carbocycles. The first-order chi connectivity index (χ1) is 13.9. The van der Waals surface area contributed by atoms with Gasteiger partial charge in [-0.25, -0.2) is 0 Å². The molecule has 4 N–H and O–H groups in total. The molecule has 0 bridgehead atoms. The zero-order valence-corrected chi connectivity index (χ0v) is 16.5. The highest BCUT2D eigenvalue weighted by Gasteiger charge is 2.26. The summed E-state index contributed by atoms with van der Waals surface area (Å²) >= 11 is 11.4. The van der Waals surface area contributed by atoms with E-state index in [0.717, 1.165) is 11.3 Å². The molecule has 3 rings (SSSR count). The first kappa shape index (κ1) is 20.6. The Hall–Kier alpha value is -3.09. The second-order valence-electron chi connectivity index (χ2n) is 6.11. The lowest BCUT2D eigenvalue weighted by molar-refractivity contribution is 0.0948. The van der Waals surface area contributed by atoms with E-state index < -0.39 is 38.8 Å². The van der Waals surface area contributed by atoms with Gasteiger partial charge in [0.25, 0.3) is 5.91 Å². The normalized spacial score (nSPS) is 10.6. The SMILES string of the molecule is O=C(NCCc1ccc(Oc2ccccc2)cc1)c1c(O)c(Cl)c(O)c(Cl)c1O. The van der Waals surface area contributed by atoms with Crippen molar-refractivity contribution in [2.75, 3.05) is 6.54 Å². The van der Waals surface area contributed by atoms with Crippen LogP contribution in [0, 0.1) is 0 Å². The maximum Gasteiger partial charge on any atom is 0.258 e. The van der Waals surface area contributed by atoms with E-state index in [4.69, 9.17) is 27.9 Å². The molecule has 0 aliphatic heterocycles. The van der Waals surface area contributed by atoms with Crippen molar-refractivity contribution in [3.8, 4) is 28.7 Å². The van der Waals surface area contributed by atoms with Crippen LogP contribution in [0.5, 0.6) is 28.7 Å². The van der Waals surface area contributed by atoms with Gasteiger partial charge in [0.1, 0.15) is 27.1 Å². The second-order valence-corrected chi connectivity index (χ2v) is 6.87. The number of aromatic hydroxyl groups is 3. The quantitative estimate of drug-likeness (QED) is 0.444. The predicted molar refractivity (Wildman–Crippen MR) is 110 cm³/mol. The van der Waals surface area contributed by atoms with E-state index in [0.29, 0.717) is 12.2 Å². The average molecular weight is 434 g/mol. The first-order valence-corrected chi connectivity index (χ1v) is 9.36. The van der Waals surface area contributed by atoms with Crippen molar-refractivity contribution in [2.45, 2.75) is 6.42 Å². The van der Waals surface area contributed by atoms with Crippen molar-refractivity contribution in [1.82, 2.24) is 5.32 Å². The summed E-state index contributed by atoms with van der Waals surface area (Å²) in [5.41, 5.74) is 0.449. The summed E-state index contributed by atoms with van der Waals surface area (Å²) in [6.45, 7) is 0.229. The average Bonchev–Trinajstić information content (AvgIpc) is 2.73. The van der Waals surface area contributed by atoms with Gasteiger partial charge in [-0.1, -0.05) is 53.5 Å². The Morgan fingerprint density at radius 3 is 1.97 bits per heavy atom. The molecule has 29 heavy (non-hydrogen) atoms. The number of rotatable bonds is 6. The van der Waals surface area contributed by atoms with Crippen LogP contribution in [0.2, 0.25) is 10.0 Å². The van der Waals surface area contributed by atoms with E-state index in [1.165, 1.54) is 0 Å². The first-order valence-electron chi connectivity index (χ1n) is 8.60. The minimum absolute atomic E-state index is 0.229. The fourth-order valence-electron chi connectivity index (χ4n) is 2.62. The monoisotopic (exact) mass is 433 g/mol. The molecule has 0 aliphatic rings. The van der Waals surface area contributed by atoms with E-state index in [1.54, 1.807) is 0 Å². The standard InChI is InChI=1S/C21H17Cl2NO5/c22-16-18(25)15(19(26)17(23)20(16)27)21(28)24-11-10-12-6-8-14(9-7-12)29-13-4-2-1-3-5-13/h1-9,25-27H,10-11H2,(H,24,28). The van der Waals surface area contributed by atoms with E-state index in [9.17, 15) is 20.1 Å². The van der Waals surface area contributed by atoms with Crippen LogP contribution in [0.4, 0.5) is 0 Å². The zero-order valence-electron chi connectivity index (χ0n) is 15.0. The van der Waals surface area contributed by atoms with Gasteiger partial charge in [0, 0.05) is 6.54 Å². The number of carbonyl (C=O) groups is 1. The van der Waals surface area contributed by atoms with Gasteiger partial charge in [0.15, 0.2) is 17.2 Å². The molecule has 3 aromatic rings. The number of para-hydroxylation sites is 1. The number of phenols is 3. The smallest absolute Gasteiger partial charge is 0.258 e. The molecule has 3 aromatic carbocycles. The molecule has 0 heterocycles. The third-order valence-corrected chi connectivity index (χ3v) is 4.85. The van der Waals surface area contributed by atoms with Gasteiger partial charge in [-0.3, -0.25) is 4.79 Å². The molecule has 0 radical (unpaired) electrons. The summed E-state index contributed by atoms with van der Waals surface area (Å²) in [6.07, 6.45) is 0.498. The number of hydrogen-bond donors (Lipinski definition) is 4. The van der Waals surface area contributed by atoms with Gasteiger partial charge in [-0.2, -0.15) is 0 Å². The third-order valence-electron chi connectivity index (χ3n) is 4.13. The number of hydrogen-bond acceptors (Lipinski definition) is 5. The lowest BCUT2D eigenvalue weighted by Gasteiger charge is -2.12. The Kier molecular flexibility index (Phi) is 6.36. The van der Waals surface area contributed by atoms with Crippen LogP contribution in [0.3, 0.4) is 0 Å². The number of amides is 1. The van der Waals surface area contributed by atoms with E-state index in [-0.39, 0.29) is 6.54 Å². The summed E-state index contributed by atoms with van der Waals surface area (Å²) in [5, 5.41) is 31.0. The largest absolute Gasteiger partial charge is 0.505 e. The minimum atomic E-state index is -0.771. The minimum Gasteiger partial charge on any atom is -0.505 e. The van der Waals surface area contributed by atoms with Crippen LogP contribution >= 0.6 is 23.2 Å². The molecule has 6 nitrogen and oxygen atoms in total. The van der Waals surface area contributed by atoms with Crippen molar-refractivity contribution < 1.29 is 24.9 Å². The van der Waals surface area contributed by atoms with Crippen molar-refractivity contribution in [1.29, 1.82) is 0 Å². The van der Waals surface area contributed by atoms with Crippen LogP contribution in [0.25, 0.3) is 0 Å². The van der Waals surface area contributed by atoms with E-state index in [1.807, 2.05) is 54.6 Å². The van der Waals surface area contributed by atoms with Crippen LogP contribution in [0.15, 0.2) is 54.6 Å². The molecule has 0 aliphatic carbocycles.